The highest BCUT2D eigenvalue weighted by molar-refractivity contribution is 5.86. The molecule has 3 aliphatic rings. The van der Waals surface area contributed by atoms with Gasteiger partial charge in [0.1, 0.15) is 0 Å². The van der Waals surface area contributed by atoms with Crippen molar-refractivity contribution in [2.75, 3.05) is 0 Å². The summed E-state index contributed by atoms with van der Waals surface area (Å²) < 4.78 is 0. The normalized spacial score (nSPS) is 13.9. The summed E-state index contributed by atoms with van der Waals surface area (Å²) in [6.07, 6.45) is 14.7. The third-order valence-electron chi connectivity index (χ3n) is 10.5. The van der Waals surface area contributed by atoms with E-state index in [-0.39, 0.29) is 29.1 Å². The maximum Gasteiger partial charge on any atom is -0.00852 e. The first kappa shape index (κ1) is 42.3. The van der Waals surface area contributed by atoms with Gasteiger partial charge in [0.05, 0.1) is 0 Å². The van der Waals surface area contributed by atoms with E-state index in [2.05, 4.69) is 217 Å². The molecule has 284 valence electrons. The van der Waals surface area contributed by atoms with Crippen molar-refractivity contribution in [3.63, 3.8) is 0 Å². The van der Waals surface area contributed by atoms with Gasteiger partial charge < -0.3 is 0 Å². The SMILES string of the molecule is C.CC(C)(C)C1=CCc2ccccc21.CC(C)(C)c1cccc2c1C=CC2.CC(C)(C)c1cccc2c1CC=C2.CC(C)(C)c1cccc2ccccc12. The zero-order valence-corrected chi connectivity index (χ0v) is 34.8. The van der Waals surface area contributed by atoms with Crippen LogP contribution in [-0.2, 0) is 35.5 Å². The Morgan fingerprint density at radius 3 is 1.65 bits per heavy atom. The summed E-state index contributed by atoms with van der Waals surface area (Å²) in [5.41, 5.74) is 15.7. The zero-order chi connectivity index (χ0) is 38.6. The van der Waals surface area contributed by atoms with Gasteiger partial charge in [0, 0.05) is 0 Å². The fraction of sp³-hybridized carbons (Fsp3) is 0.370. The highest BCUT2D eigenvalue weighted by atomic mass is 14.3. The Kier molecular flexibility index (Phi) is 13.3. The van der Waals surface area contributed by atoms with Crippen LogP contribution in [0.3, 0.4) is 0 Å². The molecule has 3 aliphatic carbocycles. The lowest BCUT2D eigenvalue weighted by Crippen LogP contribution is -2.13. The first-order chi connectivity index (χ1) is 24.9. The van der Waals surface area contributed by atoms with Gasteiger partial charge in [-0.3, -0.25) is 0 Å². The Morgan fingerprint density at radius 1 is 0.426 bits per heavy atom. The summed E-state index contributed by atoms with van der Waals surface area (Å²) >= 11 is 0. The fourth-order valence-electron chi connectivity index (χ4n) is 7.81. The van der Waals surface area contributed by atoms with Gasteiger partial charge in [-0.2, -0.15) is 0 Å². The molecule has 0 nitrogen and oxygen atoms in total. The quantitative estimate of drug-likeness (QED) is 0.150. The van der Waals surface area contributed by atoms with Crippen LogP contribution in [0.5, 0.6) is 0 Å². The lowest BCUT2D eigenvalue weighted by atomic mass is 9.82. The third kappa shape index (κ3) is 10.2. The molecule has 0 N–H and O–H groups in total. The minimum atomic E-state index is 0. The van der Waals surface area contributed by atoms with E-state index in [1.54, 1.807) is 0 Å². The first-order valence-electron chi connectivity index (χ1n) is 19.7. The second kappa shape index (κ2) is 16.9. The Bertz CT molecular complexity index is 2110. The van der Waals surface area contributed by atoms with Crippen LogP contribution in [0.15, 0.2) is 121 Å². The van der Waals surface area contributed by atoms with Crippen LogP contribution in [0.2, 0.25) is 0 Å². The predicted molar refractivity (Wildman–Crippen MR) is 243 cm³/mol. The standard InChI is InChI=1S/C14H16.3C13H16.CH4/c1-14(2,3)13-10-6-8-11-7-4-5-9-12(11)13;2*1-13(2,3)12-9-5-7-10-6-4-8-11(10)12;1-13(2,3)12-9-8-10-6-4-5-7-11(10)12;/h4-10H,1-3H3;4-5,7-9H,6H2,1-3H3;2*4-7,9H,8H2,1-3H3;1H4. The molecule has 0 amide bonds. The Labute approximate surface area is 330 Å². The van der Waals surface area contributed by atoms with Gasteiger partial charge in [0.15, 0.2) is 0 Å². The molecule has 0 bridgehead atoms. The van der Waals surface area contributed by atoms with Crippen LogP contribution < -0.4 is 0 Å². The van der Waals surface area contributed by atoms with Crippen LogP contribution in [0.1, 0.15) is 141 Å². The molecule has 0 saturated carbocycles. The molecule has 5 aromatic carbocycles. The van der Waals surface area contributed by atoms with E-state index in [9.17, 15) is 0 Å². The van der Waals surface area contributed by atoms with Crippen molar-refractivity contribution in [1.82, 2.24) is 0 Å². The molecule has 0 radical (unpaired) electrons. The fourth-order valence-corrected chi connectivity index (χ4v) is 7.81. The van der Waals surface area contributed by atoms with Crippen LogP contribution in [0.25, 0.3) is 28.5 Å². The molecule has 0 aromatic heterocycles. The number of allylic oxidation sites excluding steroid dienone is 4. The van der Waals surface area contributed by atoms with Gasteiger partial charge >= 0.3 is 0 Å². The minimum Gasteiger partial charge on any atom is -0.0795 e. The second-order valence-corrected chi connectivity index (χ2v) is 19.0. The van der Waals surface area contributed by atoms with Crippen molar-refractivity contribution in [2.45, 2.75) is 126 Å². The van der Waals surface area contributed by atoms with E-state index in [1.165, 1.54) is 66.4 Å². The molecular formula is C54H68. The smallest absolute Gasteiger partial charge is 0.00852 e. The van der Waals surface area contributed by atoms with E-state index >= 15 is 0 Å². The van der Waals surface area contributed by atoms with Gasteiger partial charge in [-0.15, -0.1) is 0 Å². The van der Waals surface area contributed by atoms with E-state index in [4.69, 9.17) is 0 Å². The van der Waals surface area contributed by atoms with Gasteiger partial charge in [-0.25, -0.2) is 0 Å². The van der Waals surface area contributed by atoms with Crippen molar-refractivity contribution < 1.29 is 0 Å². The van der Waals surface area contributed by atoms with Gasteiger partial charge in [0.2, 0.25) is 0 Å². The number of benzene rings is 5. The molecule has 8 rings (SSSR count). The molecule has 0 spiro atoms. The number of hydrogen-bond acceptors (Lipinski definition) is 0. The Morgan fingerprint density at radius 2 is 0.963 bits per heavy atom. The van der Waals surface area contributed by atoms with Crippen molar-refractivity contribution in [3.05, 3.63) is 171 Å². The zero-order valence-electron chi connectivity index (χ0n) is 34.8. The first-order valence-corrected chi connectivity index (χ1v) is 19.7. The van der Waals surface area contributed by atoms with E-state index < -0.39 is 0 Å². The van der Waals surface area contributed by atoms with Crippen LogP contribution >= 0.6 is 0 Å². The second-order valence-electron chi connectivity index (χ2n) is 19.0. The molecule has 5 aromatic rings. The topological polar surface area (TPSA) is 0 Å². The minimum absolute atomic E-state index is 0. The van der Waals surface area contributed by atoms with E-state index in [0.717, 1.165) is 19.3 Å². The lowest BCUT2D eigenvalue weighted by molar-refractivity contribution is 0.567. The molecule has 0 aliphatic heterocycles. The molecule has 54 heavy (non-hydrogen) atoms. The van der Waals surface area contributed by atoms with E-state index in [1.807, 2.05) is 0 Å². The molecular weight excluding hydrogens is 649 g/mol. The summed E-state index contributed by atoms with van der Waals surface area (Å²) in [6.45, 7) is 27.3. The molecule has 0 heterocycles. The van der Waals surface area contributed by atoms with Crippen molar-refractivity contribution in [3.8, 4) is 0 Å². The Balaban J connectivity index is 0.000000160. The Hall–Kier alpha value is -4.42. The number of rotatable bonds is 0. The molecule has 0 heteroatoms. The third-order valence-corrected chi connectivity index (χ3v) is 10.5. The van der Waals surface area contributed by atoms with Crippen LogP contribution in [-0.4, -0.2) is 0 Å². The molecule has 0 unspecified atom stereocenters. The average Bonchev–Trinajstić information content (AvgIpc) is 3.87. The number of hydrogen-bond donors (Lipinski definition) is 0. The highest BCUT2D eigenvalue weighted by Crippen LogP contribution is 2.40. The van der Waals surface area contributed by atoms with Gasteiger partial charge in [0.25, 0.3) is 0 Å². The maximum atomic E-state index is 2.37. The van der Waals surface area contributed by atoms with Crippen molar-refractivity contribution >= 4 is 28.5 Å². The summed E-state index contributed by atoms with van der Waals surface area (Å²) in [5.74, 6) is 0. The maximum absolute atomic E-state index is 2.37. The van der Waals surface area contributed by atoms with Gasteiger partial charge in [-0.1, -0.05) is 224 Å². The highest BCUT2D eigenvalue weighted by Gasteiger charge is 2.24. The van der Waals surface area contributed by atoms with Crippen LogP contribution in [0.4, 0.5) is 0 Å². The van der Waals surface area contributed by atoms with Crippen molar-refractivity contribution in [1.29, 1.82) is 0 Å². The summed E-state index contributed by atoms with van der Waals surface area (Å²) in [6, 6.07) is 37.1. The van der Waals surface area contributed by atoms with Crippen molar-refractivity contribution in [2.24, 2.45) is 5.41 Å². The van der Waals surface area contributed by atoms with E-state index in [0.29, 0.717) is 0 Å². The van der Waals surface area contributed by atoms with Crippen LogP contribution in [0, 0.1) is 5.41 Å². The predicted octanol–water partition coefficient (Wildman–Crippen LogP) is 15.6. The number of fused-ring (bicyclic) bond motifs is 4. The molecule has 0 saturated heterocycles. The monoisotopic (exact) mass is 717 g/mol. The molecule has 0 atom stereocenters. The van der Waals surface area contributed by atoms with Gasteiger partial charge in [-0.05, 0) is 107 Å². The summed E-state index contributed by atoms with van der Waals surface area (Å²) in [4.78, 5) is 0. The summed E-state index contributed by atoms with van der Waals surface area (Å²) in [7, 11) is 0. The lowest BCUT2D eigenvalue weighted by Gasteiger charge is -2.22. The molecule has 0 fully saturated rings. The largest absolute Gasteiger partial charge is 0.0795 e. The average molecular weight is 717 g/mol. The summed E-state index contributed by atoms with van der Waals surface area (Å²) in [5, 5.41) is 2.71.